The fourth-order valence-electron chi connectivity index (χ4n) is 3.96. The summed E-state index contributed by atoms with van der Waals surface area (Å²) in [5.74, 6) is 2.77. The van der Waals surface area contributed by atoms with Gasteiger partial charge in [-0.25, -0.2) is 0 Å². The summed E-state index contributed by atoms with van der Waals surface area (Å²) in [6.45, 7) is 6.52. The van der Waals surface area contributed by atoms with Crippen LogP contribution in [0, 0.1) is 11.8 Å². The van der Waals surface area contributed by atoms with Crippen LogP contribution in [0.25, 0.3) is 0 Å². The van der Waals surface area contributed by atoms with Crippen LogP contribution >= 0.6 is 0 Å². The fourth-order valence-corrected chi connectivity index (χ4v) is 3.96. The van der Waals surface area contributed by atoms with Gasteiger partial charge in [-0.05, 0) is 48.4 Å². The van der Waals surface area contributed by atoms with Crippen LogP contribution in [0.15, 0.2) is 18.2 Å². The Bertz CT molecular complexity index is 457. The molecule has 0 bridgehead atoms. The van der Waals surface area contributed by atoms with Gasteiger partial charge in [-0.15, -0.1) is 0 Å². The molecule has 3 atom stereocenters. The molecule has 1 aromatic carbocycles. The first-order valence-corrected chi connectivity index (χ1v) is 8.27. The lowest BCUT2D eigenvalue weighted by atomic mass is 9.76. The first-order valence-electron chi connectivity index (χ1n) is 8.27. The molecule has 2 aliphatic rings. The second-order valence-corrected chi connectivity index (χ2v) is 6.53. The number of benzene rings is 1. The summed E-state index contributed by atoms with van der Waals surface area (Å²) in [4.78, 5) is 0. The molecule has 1 aliphatic heterocycles. The molecule has 20 heavy (non-hydrogen) atoms. The minimum atomic E-state index is 0.522. The third-order valence-corrected chi connectivity index (χ3v) is 4.95. The van der Waals surface area contributed by atoms with Crippen LogP contribution in [-0.2, 0) is 6.42 Å². The Kier molecular flexibility index (Phi) is 4.30. The maximum atomic E-state index is 5.64. The number of fused-ring (bicyclic) bond motifs is 1. The average Bonchev–Trinajstić information content (AvgIpc) is 2.92. The average molecular weight is 273 g/mol. The van der Waals surface area contributed by atoms with Gasteiger partial charge in [-0.1, -0.05) is 38.8 Å². The molecule has 1 N–H and O–H groups in total. The normalized spacial score (nSPS) is 26.9. The van der Waals surface area contributed by atoms with Gasteiger partial charge < -0.3 is 10.1 Å². The second kappa shape index (κ2) is 6.17. The Morgan fingerprint density at radius 2 is 2.25 bits per heavy atom. The standard InChI is InChI=1S/C18H27NO/c1-3-19-18(15-6-4-5-13(2)11-15)16-7-8-17-14(12-16)9-10-20-17/h7-8,12-13,15,18-19H,3-6,9-11H2,1-2H3. The summed E-state index contributed by atoms with van der Waals surface area (Å²) in [6, 6.07) is 7.36. The van der Waals surface area contributed by atoms with Crippen molar-refractivity contribution >= 4 is 0 Å². The quantitative estimate of drug-likeness (QED) is 0.892. The van der Waals surface area contributed by atoms with E-state index in [4.69, 9.17) is 4.74 Å². The maximum Gasteiger partial charge on any atom is 0.122 e. The van der Waals surface area contributed by atoms with Crippen LogP contribution in [0.1, 0.15) is 56.7 Å². The van der Waals surface area contributed by atoms with Gasteiger partial charge in [-0.3, -0.25) is 0 Å². The summed E-state index contributed by atoms with van der Waals surface area (Å²) < 4.78 is 5.64. The highest BCUT2D eigenvalue weighted by molar-refractivity contribution is 5.41. The van der Waals surface area contributed by atoms with Crippen molar-refractivity contribution in [2.45, 2.75) is 52.0 Å². The van der Waals surface area contributed by atoms with E-state index in [1.807, 2.05) is 0 Å². The molecule has 0 radical (unpaired) electrons. The molecule has 110 valence electrons. The van der Waals surface area contributed by atoms with Crippen LogP contribution < -0.4 is 10.1 Å². The first-order chi connectivity index (χ1) is 9.78. The summed E-state index contributed by atoms with van der Waals surface area (Å²) in [7, 11) is 0. The number of hydrogen-bond acceptors (Lipinski definition) is 2. The molecule has 2 nitrogen and oxygen atoms in total. The van der Waals surface area contributed by atoms with Gasteiger partial charge in [0.1, 0.15) is 5.75 Å². The molecule has 3 unspecified atom stereocenters. The van der Waals surface area contributed by atoms with Crippen molar-refractivity contribution in [1.29, 1.82) is 0 Å². The molecule has 1 saturated carbocycles. The van der Waals surface area contributed by atoms with Gasteiger partial charge >= 0.3 is 0 Å². The Morgan fingerprint density at radius 1 is 1.35 bits per heavy atom. The smallest absolute Gasteiger partial charge is 0.122 e. The van der Waals surface area contributed by atoms with Crippen molar-refractivity contribution in [3.63, 3.8) is 0 Å². The summed E-state index contributed by atoms with van der Waals surface area (Å²) >= 11 is 0. The van der Waals surface area contributed by atoms with Gasteiger partial charge in [-0.2, -0.15) is 0 Å². The predicted octanol–water partition coefficient (Wildman–Crippen LogP) is 4.10. The SMILES string of the molecule is CCNC(c1ccc2c(c1)CCO2)C1CCCC(C)C1. The molecule has 0 saturated heterocycles. The zero-order valence-corrected chi connectivity index (χ0v) is 12.8. The lowest BCUT2D eigenvalue weighted by Gasteiger charge is -2.34. The van der Waals surface area contributed by atoms with E-state index in [1.54, 1.807) is 0 Å². The Labute approximate surface area is 122 Å². The van der Waals surface area contributed by atoms with E-state index < -0.39 is 0 Å². The van der Waals surface area contributed by atoms with Crippen molar-refractivity contribution in [3.05, 3.63) is 29.3 Å². The van der Waals surface area contributed by atoms with E-state index in [9.17, 15) is 0 Å². The Morgan fingerprint density at radius 3 is 3.05 bits per heavy atom. The van der Waals surface area contributed by atoms with Crippen molar-refractivity contribution in [3.8, 4) is 5.75 Å². The van der Waals surface area contributed by atoms with Gasteiger partial charge in [0.15, 0.2) is 0 Å². The van der Waals surface area contributed by atoms with E-state index >= 15 is 0 Å². The third-order valence-electron chi connectivity index (χ3n) is 4.95. The summed E-state index contributed by atoms with van der Waals surface area (Å²) in [5.41, 5.74) is 2.87. The Balaban J connectivity index is 1.82. The second-order valence-electron chi connectivity index (χ2n) is 6.53. The van der Waals surface area contributed by atoms with E-state index in [1.165, 1.54) is 36.8 Å². The molecule has 0 spiro atoms. The zero-order chi connectivity index (χ0) is 13.9. The fraction of sp³-hybridized carbons (Fsp3) is 0.667. The predicted molar refractivity (Wildman–Crippen MR) is 83.2 cm³/mol. The molecule has 1 heterocycles. The molecule has 3 rings (SSSR count). The minimum Gasteiger partial charge on any atom is -0.493 e. The van der Waals surface area contributed by atoms with Crippen molar-refractivity contribution in [1.82, 2.24) is 5.32 Å². The molecule has 0 aromatic heterocycles. The van der Waals surface area contributed by atoms with E-state index in [2.05, 4.69) is 37.4 Å². The van der Waals surface area contributed by atoms with Crippen LogP contribution in [0.5, 0.6) is 5.75 Å². The van der Waals surface area contributed by atoms with Crippen molar-refractivity contribution in [2.24, 2.45) is 11.8 Å². The number of rotatable bonds is 4. The summed E-state index contributed by atoms with van der Waals surface area (Å²) in [5, 5.41) is 3.74. The number of hydrogen-bond donors (Lipinski definition) is 1. The molecule has 0 amide bonds. The van der Waals surface area contributed by atoms with Crippen LogP contribution in [0.4, 0.5) is 0 Å². The highest BCUT2D eigenvalue weighted by Gasteiger charge is 2.28. The van der Waals surface area contributed by atoms with Crippen molar-refractivity contribution in [2.75, 3.05) is 13.2 Å². The van der Waals surface area contributed by atoms with Crippen molar-refractivity contribution < 1.29 is 4.74 Å². The molecule has 1 aromatic rings. The van der Waals surface area contributed by atoms with Gasteiger partial charge in [0.25, 0.3) is 0 Å². The molecular formula is C18H27NO. The lowest BCUT2D eigenvalue weighted by Crippen LogP contribution is -2.31. The van der Waals surface area contributed by atoms with Crippen LogP contribution in [0.2, 0.25) is 0 Å². The monoisotopic (exact) mass is 273 g/mol. The first kappa shape index (κ1) is 13.9. The molecular weight excluding hydrogens is 246 g/mol. The zero-order valence-electron chi connectivity index (χ0n) is 12.8. The molecule has 1 aliphatic carbocycles. The Hall–Kier alpha value is -1.02. The maximum absolute atomic E-state index is 5.64. The van der Waals surface area contributed by atoms with E-state index in [-0.39, 0.29) is 0 Å². The third kappa shape index (κ3) is 2.85. The van der Waals surface area contributed by atoms with Crippen LogP contribution in [-0.4, -0.2) is 13.2 Å². The lowest BCUT2D eigenvalue weighted by molar-refractivity contribution is 0.225. The highest BCUT2D eigenvalue weighted by atomic mass is 16.5. The van der Waals surface area contributed by atoms with E-state index in [0.29, 0.717) is 6.04 Å². The minimum absolute atomic E-state index is 0.522. The largest absolute Gasteiger partial charge is 0.493 e. The van der Waals surface area contributed by atoms with Gasteiger partial charge in [0.05, 0.1) is 6.61 Å². The number of nitrogens with one attached hydrogen (secondary N) is 1. The summed E-state index contributed by atoms with van der Waals surface area (Å²) in [6.07, 6.45) is 6.61. The van der Waals surface area contributed by atoms with Crippen LogP contribution in [0.3, 0.4) is 0 Å². The highest BCUT2D eigenvalue weighted by Crippen LogP contribution is 2.38. The number of ether oxygens (including phenoxy) is 1. The van der Waals surface area contributed by atoms with E-state index in [0.717, 1.165) is 37.2 Å². The topological polar surface area (TPSA) is 21.3 Å². The van der Waals surface area contributed by atoms with Gasteiger partial charge in [0, 0.05) is 12.5 Å². The van der Waals surface area contributed by atoms with Gasteiger partial charge in [0.2, 0.25) is 0 Å². The molecule has 2 heteroatoms. The molecule has 1 fully saturated rings.